The Labute approximate surface area is 116 Å². The molecule has 2 aliphatic heterocycles. The van der Waals surface area contributed by atoms with Gasteiger partial charge in [0, 0.05) is 44.5 Å². The zero-order valence-electron chi connectivity index (χ0n) is 12.3. The highest BCUT2D eigenvalue weighted by molar-refractivity contribution is 5.60. The first kappa shape index (κ1) is 12.9. The van der Waals surface area contributed by atoms with Crippen LogP contribution >= 0.6 is 0 Å². The first-order chi connectivity index (χ1) is 9.16. The van der Waals surface area contributed by atoms with Crippen LogP contribution in [-0.2, 0) is 0 Å². The van der Waals surface area contributed by atoms with E-state index in [0.29, 0.717) is 12.0 Å². The van der Waals surface area contributed by atoms with Crippen LogP contribution in [0.3, 0.4) is 0 Å². The zero-order chi connectivity index (χ0) is 13.4. The normalized spacial score (nSPS) is 27.7. The second-order valence-electron chi connectivity index (χ2n) is 6.13. The summed E-state index contributed by atoms with van der Waals surface area (Å²) in [4.78, 5) is 2.67. The minimum absolute atomic E-state index is 0.582. The lowest BCUT2D eigenvalue weighted by Crippen LogP contribution is -2.48. The van der Waals surface area contributed by atoms with Crippen molar-refractivity contribution in [3.63, 3.8) is 0 Å². The van der Waals surface area contributed by atoms with E-state index in [2.05, 4.69) is 48.4 Å². The van der Waals surface area contributed by atoms with Crippen LogP contribution in [0.2, 0.25) is 0 Å². The van der Waals surface area contributed by atoms with Crippen molar-refractivity contribution >= 4 is 5.69 Å². The van der Waals surface area contributed by atoms with Crippen LogP contribution in [0.4, 0.5) is 5.69 Å². The Kier molecular flexibility index (Phi) is 3.50. The van der Waals surface area contributed by atoms with Gasteiger partial charge in [-0.05, 0) is 42.5 Å². The molecule has 2 atom stereocenters. The Morgan fingerprint density at radius 1 is 1.16 bits per heavy atom. The fraction of sp³-hybridized carbons (Fsp3) is 0.625. The highest BCUT2D eigenvalue weighted by atomic mass is 15.2. The first-order valence-corrected chi connectivity index (χ1v) is 7.46. The number of fused-ring (bicyclic) bond motifs is 1. The lowest BCUT2D eigenvalue weighted by Gasteiger charge is -2.43. The fourth-order valence-corrected chi connectivity index (χ4v) is 3.69. The number of piperazine rings is 1. The predicted octanol–water partition coefficient (Wildman–Crippen LogP) is 2.31. The van der Waals surface area contributed by atoms with Gasteiger partial charge in [0.05, 0.1) is 0 Å². The molecule has 3 rings (SSSR count). The van der Waals surface area contributed by atoms with Crippen LogP contribution in [-0.4, -0.2) is 37.6 Å². The predicted molar refractivity (Wildman–Crippen MR) is 80.8 cm³/mol. The molecule has 0 amide bonds. The molecule has 3 heteroatoms. The third-order valence-corrected chi connectivity index (χ3v) is 4.53. The van der Waals surface area contributed by atoms with E-state index < -0.39 is 0 Å². The molecule has 1 aromatic rings. The lowest BCUT2D eigenvalue weighted by molar-refractivity contribution is 0.131. The average Bonchev–Trinajstić information content (AvgIpc) is 2.40. The number of nitrogens with zero attached hydrogens (tertiary/aromatic N) is 1. The van der Waals surface area contributed by atoms with E-state index >= 15 is 0 Å². The van der Waals surface area contributed by atoms with Crippen LogP contribution in [0.25, 0.3) is 0 Å². The Bertz CT molecular complexity index is 463. The van der Waals surface area contributed by atoms with E-state index in [4.69, 9.17) is 0 Å². The van der Waals surface area contributed by atoms with Crippen molar-refractivity contribution < 1.29 is 0 Å². The molecule has 0 bridgehead atoms. The largest absolute Gasteiger partial charge is 0.384 e. The molecule has 1 saturated heterocycles. The Hall–Kier alpha value is -1.06. The summed E-state index contributed by atoms with van der Waals surface area (Å²) in [6, 6.07) is 5.22. The summed E-state index contributed by atoms with van der Waals surface area (Å²) in [6.45, 7) is 12.5. The second kappa shape index (κ2) is 5.14. The van der Waals surface area contributed by atoms with Gasteiger partial charge in [-0.3, -0.25) is 4.90 Å². The maximum Gasteiger partial charge on any atom is 0.0414 e. The van der Waals surface area contributed by atoms with Gasteiger partial charge in [-0.15, -0.1) is 0 Å². The van der Waals surface area contributed by atoms with Crippen molar-refractivity contribution in [2.45, 2.75) is 26.8 Å². The molecule has 2 heterocycles. The number of nitrogens with one attached hydrogen (secondary N) is 2. The van der Waals surface area contributed by atoms with Gasteiger partial charge >= 0.3 is 0 Å². The number of anilines is 1. The van der Waals surface area contributed by atoms with Crippen LogP contribution < -0.4 is 10.6 Å². The monoisotopic (exact) mass is 259 g/mol. The van der Waals surface area contributed by atoms with Gasteiger partial charge < -0.3 is 10.6 Å². The van der Waals surface area contributed by atoms with Crippen molar-refractivity contribution in [3.05, 3.63) is 28.8 Å². The van der Waals surface area contributed by atoms with E-state index in [-0.39, 0.29) is 0 Å². The van der Waals surface area contributed by atoms with Crippen LogP contribution in [0.15, 0.2) is 12.1 Å². The van der Waals surface area contributed by atoms with E-state index in [1.165, 1.54) is 35.5 Å². The average molecular weight is 259 g/mol. The first-order valence-electron chi connectivity index (χ1n) is 7.46. The molecule has 2 aliphatic rings. The van der Waals surface area contributed by atoms with Crippen molar-refractivity contribution in [1.82, 2.24) is 10.2 Å². The van der Waals surface area contributed by atoms with E-state index in [0.717, 1.165) is 19.6 Å². The third-order valence-electron chi connectivity index (χ3n) is 4.53. The smallest absolute Gasteiger partial charge is 0.0414 e. The molecule has 1 aromatic carbocycles. The molecule has 2 unspecified atom stereocenters. The minimum Gasteiger partial charge on any atom is -0.384 e. The lowest BCUT2D eigenvalue weighted by atomic mass is 9.84. The van der Waals surface area contributed by atoms with Gasteiger partial charge in [0.15, 0.2) is 0 Å². The van der Waals surface area contributed by atoms with Gasteiger partial charge in [0.25, 0.3) is 0 Å². The molecule has 0 saturated carbocycles. The number of rotatable bonds is 1. The molecule has 1 fully saturated rings. The van der Waals surface area contributed by atoms with Gasteiger partial charge in [0.1, 0.15) is 0 Å². The van der Waals surface area contributed by atoms with Crippen LogP contribution in [0.1, 0.15) is 29.7 Å². The summed E-state index contributed by atoms with van der Waals surface area (Å²) in [5, 5.41) is 7.08. The summed E-state index contributed by atoms with van der Waals surface area (Å²) < 4.78 is 0. The molecule has 2 N–H and O–H groups in total. The topological polar surface area (TPSA) is 27.3 Å². The number of hydrogen-bond acceptors (Lipinski definition) is 3. The molecule has 3 nitrogen and oxygen atoms in total. The van der Waals surface area contributed by atoms with Gasteiger partial charge in [-0.2, -0.15) is 0 Å². The van der Waals surface area contributed by atoms with E-state index in [9.17, 15) is 0 Å². The summed E-state index contributed by atoms with van der Waals surface area (Å²) in [7, 11) is 0. The van der Waals surface area contributed by atoms with E-state index in [1.54, 1.807) is 0 Å². The zero-order valence-corrected chi connectivity index (χ0v) is 12.3. The van der Waals surface area contributed by atoms with Gasteiger partial charge in [-0.25, -0.2) is 0 Å². The SMILES string of the molecule is Cc1cc(C)c2c(c1)NCC(C)C2N1CCNCC1. The van der Waals surface area contributed by atoms with Crippen molar-refractivity contribution in [1.29, 1.82) is 0 Å². The molecular formula is C16H25N3. The summed E-state index contributed by atoms with van der Waals surface area (Å²) in [6.07, 6.45) is 0. The van der Waals surface area contributed by atoms with E-state index in [1.807, 2.05) is 0 Å². The number of benzene rings is 1. The van der Waals surface area contributed by atoms with Gasteiger partial charge in [-0.1, -0.05) is 13.0 Å². The summed E-state index contributed by atoms with van der Waals surface area (Å²) >= 11 is 0. The van der Waals surface area contributed by atoms with Crippen LogP contribution in [0.5, 0.6) is 0 Å². The molecule has 104 valence electrons. The minimum atomic E-state index is 0.582. The highest BCUT2D eigenvalue weighted by Crippen LogP contribution is 2.40. The molecule has 0 aliphatic carbocycles. The maximum absolute atomic E-state index is 3.62. The summed E-state index contributed by atoms with van der Waals surface area (Å²) in [5.41, 5.74) is 5.69. The summed E-state index contributed by atoms with van der Waals surface area (Å²) in [5.74, 6) is 0.673. The Morgan fingerprint density at radius 2 is 1.89 bits per heavy atom. The fourth-order valence-electron chi connectivity index (χ4n) is 3.69. The number of aryl methyl sites for hydroxylation is 2. The quantitative estimate of drug-likeness (QED) is 0.810. The Morgan fingerprint density at radius 3 is 2.63 bits per heavy atom. The third kappa shape index (κ3) is 2.37. The molecule has 0 spiro atoms. The van der Waals surface area contributed by atoms with Crippen molar-refractivity contribution in [2.75, 3.05) is 38.0 Å². The van der Waals surface area contributed by atoms with Crippen molar-refractivity contribution in [3.8, 4) is 0 Å². The molecule has 0 radical (unpaired) electrons. The molecule has 19 heavy (non-hydrogen) atoms. The van der Waals surface area contributed by atoms with Crippen molar-refractivity contribution in [2.24, 2.45) is 5.92 Å². The molecular weight excluding hydrogens is 234 g/mol. The van der Waals surface area contributed by atoms with Crippen LogP contribution in [0, 0.1) is 19.8 Å². The second-order valence-corrected chi connectivity index (χ2v) is 6.13. The highest BCUT2D eigenvalue weighted by Gasteiger charge is 2.33. The number of hydrogen-bond donors (Lipinski definition) is 2. The van der Waals surface area contributed by atoms with Gasteiger partial charge in [0.2, 0.25) is 0 Å². The standard InChI is InChI=1S/C16H25N3/c1-11-8-12(2)15-14(9-11)18-10-13(3)16(15)19-6-4-17-5-7-19/h8-9,13,16-18H,4-7,10H2,1-3H3. The maximum atomic E-state index is 3.62. The molecule has 0 aromatic heterocycles. The Balaban J connectivity index is 2.00.